The first kappa shape index (κ1) is 12.6. The number of benzene rings is 1. The van der Waals surface area contributed by atoms with Crippen molar-refractivity contribution in [2.75, 3.05) is 0 Å². The first-order valence-electron chi connectivity index (χ1n) is 5.25. The highest BCUT2D eigenvalue weighted by Crippen LogP contribution is 2.21. The maximum atomic E-state index is 13.3. The van der Waals surface area contributed by atoms with Gasteiger partial charge in [-0.05, 0) is 24.3 Å². The Balaban J connectivity index is 2.12. The van der Waals surface area contributed by atoms with Crippen LogP contribution in [-0.4, -0.2) is 11.1 Å². The zero-order chi connectivity index (χ0) is 13.8. The number of ether oxygens (including phenoxy) is 1. The average molecular weight is 261 g/mol. The summed E-state index contributed by atoms with van der Waals surface area (Å²) in [4.78, 5) is 10.6. The van der Waals surface area contributed by atoms with E-state index in [1.807, 2.05) is 0 Å². The molecule has 0 saturated heterocycles. The highest BCUT2D eigenvalue weighted by Gasteiger charge is 2.12. The van der Waals surface area contributed by atoms with Gasteiger partial charge in [0.25, 0.3) is 0 Å². The van der Waals surface area contributed by atoms with Gasteiger partial charge in [-0.2, -0.15) is 5.26 Å². The second kappa shape index (κ2) is 5.23. The quantitative estimate of drug-likeness (QED) is 0.914. The molecule has 0 aliphatic heterocycles. The Labute approximate surface area is 107 Å². The van der Waals surface area contributed by atoms with Gasteiger partial charge >= 0.3 is 5.97 Å². The van der Waals surface area contributed by atoms with Crippen LogP contribution >= 0.6 is 0 Å². The summed E-state index contributed by atoms with van der Waals surface area (Å²) in [6, 6.07) is 8.44. The van der Waals surface area contributed by atoms with Crippen LogP contribution in [-0.2, 0) is 6.61 Å². The second-order valence-electron chi connectivity index (χ2n) is 3.58. The molecule has 0 bridgehead atoms. The van der Waals surface area contributed by atoms with E-state index >= 15 is 0 Å². The molecule has 0 saturated carbocycles. The number of nitrogens with zero attached hydrogens (tertiary/aromatic N) is 1. The molecule has 0 aliphatic carbocycles. The number of hydrogen-bond acceptors (Lipinski definition) is 4. The largest absolute Gasteiger partial charge is 0.484 e. The molecule has 1 heterocycles. The van der Waals surface area contributed by atoms with Gasteiger partial charge in [-0.1, -0.05) is 6.07 Å². The summed E-state index contributed by atoms with van der Waals surface area (Å²) in [7, 11) is 0. The molecule has 19 heavy (non-hydrogen) atoms. The summed E-state index contributed by atoms with van der Waals surface area (Å²) < 4.78 is 23.5. The minimum absolute atomic E-state index is 0.0794. The topological polar surface area (TPSA) is 83.5 Å². The van der Waals surface area contributed by atoms with Crippen LogP contribution in [0.5, 0.6) is 5.75 Å². The number of halogens is 1. The van der Waals surface area contributed by atoms with Crippen molar-refractivity contribution in [1.82, 2.24) is 0 Å². The summed E-state index contributed by atoms with van der Waals surface area (Å²) in [5.74, 6) is -1.72. The average Bonchev–Trinajstić information content (AvgIpc) is 2.85. The molecule has 2 rings (SSSR count). The Bertz CT molecular complexity index is 657. The molecule has 0 amide bonds. The molecular formula is C13H8FNO4. The van der Waals surface area contributed by atoms with Crippen molar-refractivity contribution in [3.8, 4) is 11.8 Å². The first-order valence-corrected chi connectivity index (χ1v) is 5.25. The van der Waals surface area contributed by atoms with Crippen molar-refractivity contribution in [1.29, 1.82) is 5.26 Å². The van der Waals surface area contributed by atoms with Gasteiger partial charge in [0.15, 0.2) is 0 Å². The Morgan fingerprint density at radius 3 is 2.84 bits per heavy atom. The Kier molecular flexibility index (Phi) is 3.48. The van der Waals surface area contributed by atoms with Gasteiger partial charge in [0.2, 0.25) is 5.76 Å². The van der Waals surface area contributed by atoms with E-state index in [1.165, 1.54) is 24.3 Å². The molecule has 1 aromatic heterocycles. The van der Waals surface area contributed by atoms with Crippen LogP contribution < -0.4 is 4.74 Å². The second-order valence-corrected chi connectivity index (χ2v) is 3.58. The summed E-state index contributed by atoms with van der Waals surface area (Å²) in [6.45, 7) is -0.0919. The summed E-state index contributed by atoms with van der Waals surface area (Å²) >= 11 is 0. The molecule has 0 aliphatic rings. The highest BCUT2D eigenvalue weighted by molar-refractivity contribution is 5.84. The predicted molar refractivity (Wildman–Crippen MR) is 61.1 cm³/mol. The lowest BCUT2D eigenvalue weighted by Gasteiger charge is -2.06. The fraction of sp³-hybridized carbons (Fsp3) is 0.0769. The van der Waals surface area contributed by atoms with Gasteiger partial charge in [0.05, 0.1) is 0 Å². The van der Waals surface area contributed by atoms with Gasteiger partial charge < -0.3 is 14.3 Å². The number of furan rings is 1. The Hall–Kier alpha value is -2.81. The fourth-order valence-electron chi connectivity index (χ4n) is 1.45. The van der Waals surface area contributed by atoms with Gasteiger partial charge in [0, 0.05) is 0 Å². The fourth-order valence-corrected chi connectivity index (χ4v) is 1.45. The van der Waals surface area contributed by atoms with Crippen LogP contribution in [0, 0.1) is 17.1 Å². The molecule has 0 radical (unpaired) electrons. The minimum Gasteiger partial charge on any atom is -0.484 e. The van der Waals surface area contributed by atoms with Crippen molar-refractivity contribution in [2.24, 2.45) is 0 Å². The molecule has 6 heteroatoms. The molecule has 96 valence electrons. The monoisotopic (exact) mass is 261 g/mol. The van der Waals surface area contributed by atoms with E-state index in [-0.39, 0.29) is 29.4 Å². The number of aromatic carboxylic acids is 1. The van der Waals surface area contributed by atoms with E-state index in [4.69, 9.17) is 19.5 Å². The predicted octanol–water partition coefficient (Wildman–Crippen LogP) is 2.57. The highest BCUT2D eigenvalue weighted by atomic mass is 19.1. The molecule has 0 spiro atoms. The number of carbonyl (C=O) groups is 1. The molecule has 0 atom stereocenters. The maximum absolute atomic E-state index is 13.3. The first-order chi connectivity index (χ1) is 9.11. The van der Waals surface area contributed by atoms with E-state index in [1.54, 1.807) is 6.07 Å². The smallest absolute Gasteiger partial charge is 0.371 e. The lowest BCUT2D eigenvalue weighted by Crippen LogP contribution is -1.98. The molecule has 0 unspecified atom stereocenters. The summed E-state index contributed by atoms with van der Waals surface area (Å²) in [6.07, 6.45) is 0. The third-order valence-electron chi connectivity index (χ3n) is 2.33. The number of nitriles is 1. The van der Waals surface area contributed by atoms with Crippen LogP contribution in [0.2, 0.25) is 0 Å². The third kappa shape index (κ3) is 2.72. The van der Waals surface area contributed by atoms with E-state index in [0.717, 1.165) is 6.07 Å². The van der Waals surface area contributed by atoms with Crippen LogP contribution in [0.1, 0.15) is 21.9 Å². The van der Waals surface area contributed by atoms with Gasteiger partial charge in [-0.15, -0.1) is 0 Å². The molecule has 2 aromatic rings. The number of rotatable bonds is 4. The summed E-state index contributed by atoms with van der Waals surface area (Å²) in [5.41, 5.74) is -0.201. The van der Waals surface area contributed by atoms with E-state index < -0.39 is 11.8 Å². The number of carboxylic acid groups (broad SMARTS) is 1. The van der Waals surface area contributed by atoms with Crippen molar-refractivity contribution >= 4 is 5.97 Å². The zero-order valence-corrected chi connectivity index (χ0v) is 9.59. The van der Waals surface area contributed by atoms with E-state index in [2.05, 4.69) is 0 Å². The van der Waals surface area contributed by atoms with E-state index in [0.29, 0.717) is 0 Å². The number of hydrogen-bond donors (Lipinski definition) is 1. The zero-order valence-electron chi connectivity index (χ0n) is 9.59. The van der Waals surface area contributed by atoms with Crippen LogP contribution in [0.3, 0.4) is 0 Å². The standard InChI is InChI=1S/C13H8FNO4/c14-10-2-1-3-11(9(10)6-15)18-7-8-4-5-12(19-8)13(16)17/h1-5H,7H2,(H,16,17). The minimum atomic E-state index is -1.19. The van der Waals surface area contributed by atoms with Crippen LogP contribution in [0.15, 0.2) is 34.7 Å². The lowest BCUT2D eigenvalue weighted by molar-refractivity contribution is 0.0658. The van der Waals surface area contributed by atoms with Gasteiger partial charge in [-0.3, -0.25) is 0 Å². The Morgan fingerprint density at radius 1 is 1.42 bits per heavy atom. The van der Waals surface area contributed by atoms with Crippen molar-refractivity contribution in [2.45, 2.75) is 6.61 Å². The van der Waals surface area contributed by atoms with Crippen molar-refractivity contribution < 1.29 is 23.4 Å². The lowest BCUT2D eigenvalue weighted by atomic mass is 10.2. The normalized spacial score (nSPS) is 9.89. The Morgan fingerprint density at radius 2 is 2.21 bits per heavy atom. The SMILES string of the molecule is N#Cc1c(F)cccc1OCc1ccc(C(=O)O)o1. The maximum Gasteiger partial charge on any atom is 0.371 e. The van der Waals surface area contributed by atoms with Gasteiger partial charge in [0.1, 0.15) is 35.6 Å². The molecule has 1 aromatic carbocycles. The molecule has 1 N–H and O–H groups in total. The summed E-state index contributed by atoms with van der Waals surface area (Å²) in [5, 5.41) is 17.5. The van der Waals surface area contributed by atoms with E-state index in [9.17, 15) is 9.18 Å². The van der Waals surface area contributed by atoms with Crippen molar-refractivity contribution in [3.05, 3.63) is 53.2 Å². The number of carboxylic acids is 1. The van der Waals surface area contributed by atoms with Crippen LogP contribution in [0.4, 0.5) is 4.39 Å². The molecular weight excluding hydrogens is 253 g/mol. The van der Waals surface area contributed by atoms with Crippen molar-refractivity contribution in [3.63, 3.8) is 0 Å². The van der Waals surface area contributed by atoms with Gasteiger partial charge in [-0.25, -0.2) is 9.18 Å². The third-order valence-corrected chi connectivity index (χ3v) is 2.33. The molecule has 5 nitrogen and oxygen atoms in total. The van der Waals surface area contributed by atoms with Crippen LogP contribution in [0.25, 0.3) is 0 Å². The molecule has 0 fully saturated rings.